The fourth-order valence-electron chi connectivity index (χ4n) is 3.05. The number of rotatable bonds is 5. The lowest BCUT2D eigenvalue weighted by molar-refractivity contribution is 0.932. The van der Waals surface area contributed by atoms with Crippen molar-refractivity contribution in [3.05, 3.63) is 95.6 Å². The van der Waals surface area contributed by atoms with Crippen LogP contribution in [-0.2, 0) is 19.3 Å². The normalized spacial score (nSPS) is 10.6. The Balaban J connectivity index is 1.85. The van der Waals surface area contributed by atoms with E-state index in [4.69, 9.17) is 0 Å². The van der Waals surface area contributed by atoms with Crippen molar-refractivity contribution in [1.29, 1.82) is 0 Å². The Kier molecular flexibility index (Phi) is 4.70. The summed E-state index contributed by atoms with van der Waals surface area (Å²) >= 11 is 0. The largest absolute Gasteiger partial charge is 0.0622 e. The van der Waals surface area contributed by atoms with Gasteiger partial charge >= 0.3 is 0 Å². The van der Waals surface area contributed by atoms with Gasteiger partial charge in [0.25, 0.3) is 0 Å². The Morgan fingerprint density at radius 1 is 0.545 bits per heavy atom. The summed E-state index contributed by atoms with van der Waals surface area (Å²) in [6, 6.07) is 28.3. The molecule has 0 fully saturated rings. The van der Waals surface area contributed by atoms with Gasteiger partial charge in [-0.05, 0) is 47.1 Å². The summed E-state index contributed by atoms with van der Waals surface area (Å²) in [6.45, 7) is 2.23. The Labute approximate surface area is 133 Å². The minimum Gasteiger partial charge on any atom is -0.0622 e. The van der Waals surface area contributed by atoms with Gasteiger partial charge in [0.15, 0.2) is 0 Å². The van der Waals surface area contributed by atoms with E-state index in [-0.39, 0.29) is 0 Å². The van der Waals surface area contributed by atoms with Gasteiger partial charge in [-0.1, -0.05) is 85.8 Å². The van der Waals surface area contributed by atoms with E-state index in [2.05, 4.69) is 85.8 Å². The average Bonchev–Trinajstić information content (AvgIpc) is 2.61. The Bertz CT molecular complexity index is 726. The molecule has 0 aliphatic heterocycles. The van der Waals surface area contributed by atoms with Crippen LogP contribution in [0.1, 0.15) is 23.6 Å². The molecule has 110 valence electrons. The van der Waals surface area contributed by atoms with E-state index >= 15 is 0 Å². The molecule has 3 rings (SSSR count). The summed E-state index contributed by atoms with van der Waals surface area (Å²) < 4.78 is 0. The average molecular weight is 286 g/mol. The highest BCUT2D eigenvalue weighted by Gasteiger charge is 2.06. The lowest BCUT2D eigenvalue weighted by Crippen LogP contribution is -1.97. The minimum absolute atomic E-state index is 1.09. The first-order valence-corrected chi connectivity index (χ1v) is 8.08. The topological polar surface area (TPSA) is 0 Å². The van der Waals surface area contributed by atoms with Crippen LogP contribution in [0.5, 0.6) is 0 Å². The number of hydrogen-bond acceptors (Lipinski definition) is 0. The monoisotopic (exact) mass is 286 g/mol. The summed E-state index contributed by atoms with van der Waals surface area (Å²) in [5.74, 6) is 0. The molecule has 22 heavy (non-hydrogen) atoms. The molecule has 0 heterocycles. The quantitative estimate of drug-likeness (QED) is 0.564. The molecule has 3 aromatic rings. The zero-order valence-electron chi connectivity index (χ0n) is 13.1. The van der Waals surface area contributed by atoms with Crippen LogP contribution in [-0.4, -0.2) is 0 Å². The van der Waals surface area contributed by atoms with E-state index in [9.17, 15) is 0 Å². The van der Waals surface area contributed by atoms with Crippen LogP contribution in [0.4, 0.5) is 0 Å². The smallest absolute Gasteiger partial charge is 0.0152 e. The molecule has 3 aromatic carbocycles. The van der Waals surface area contributed by atoms with Crippen molar-refractivity contribution in [3.8, 4) is 11.1 Å². The zero-order chi connectivity index (χ0) is 15.2. The van der Waals surface area contributed by atoms with Gasteiger partial charge in [-0.3, -0.25) is 0 Å². The highest BCUT2D eigenvalue weighted by atomic mass is 14.1. The molecule has 0 radical (unpaired) electrons. The lowest BCUT2D eigenvalue weighted by Gasteiger charge is -2.11. The lowest BCUT2D eigenvalue weighted by atomic mass is 9.93. The molecule has 0 unspecified atom stereocenters. The maximum atomic E-state index is 2.27. The van der Waals surface area contributed by atoms with Crippen LogP contribution < -0.4 is 0 Å². The zero-order valence-corrected chi connectivity index (χ0v) is 13.1. The van der Waals surface area contributed by atoms with E-state index in [1.807, 2.05) is 0 Å². The number of benzene rings is 3. The van der Waals surface area contributed by atoms with E-state index in [0.29, 0.717) is 0 Å². The van der Waals surface area contributed by atoms with Crippen LogP contribution in [0.15, 0.2) is 78.9 Å². The standard InChI is InChI=1S/C22H22/c1-2-18-10-6-7-11-19(18)16-17-21-14-8-9-15-22(21)20-12-4-3-5-13-20/h3-15H,2,16-17H2,1H3. The predicted octanol–water partition coefficient (Wildman–Crippen LogP) is 5.70. The van der Waals surface area contributed by atoms with Crippen LogP contribution in [0.2, 0.25) is 0 Å². The maximum absolute atomic E-state index is 2.27. The third kappa shape index (κ3) is 3.28. The summed E-state index contributed by atoms with van der Waals surface area (Å²) in [7, 11) is 0. The minimum atomic E-state index is 1.09. The summed E-state index contributed by atoms with van der Waals surface area (Å²) in [5, 5.41) is 0. The molecule has 0 aliphatic rings. The van der Waals surface area contributed by atoms with Crippen molar-refractivity contribution < 1.29 is 0 Å². The fraction of sp³-hybridized carbons (Fsp3) is 0.182. The molecule has 0 atom stereocenters. The van der Waals surface area contributed by atoms with Gasteiger partial charge < -0.3 is 0 Å². The second-order valence-electron chi connectivity index (χ2n) is 5.65. The first-order valence-electron chi connectivity index (χ1n) is 8.08. The van der Waals surface area contributed by atoms with Crippen molar-refractivity contribution in [2.75, 3.05) is 0 Å². The Morgan fingerprint density at radius 3 is 1.82 bits per heavy atom. The maximum Gasteiger partial charge on any atom is -0.0152 e. The van der Waals surface area contributed by atoms with Crippen LogP contribution >= 0.6 is 0 Å². The third-order valence-electron chi connectivity index (χ3n) is 4.27. The van der Waals surface area contributed by atoms with Crippen molar-refractivity contribution >= 4 is 0 Å². The molecule has 0 aromatic heterocycles. The molecule has 0 heteroatoms. The van der Waals surface area contributed by atoms with Gasteiger partial charge in [0.05, 0.1) is 0 Å². The molecule has 0 saturated carbocycles. The SMILES string of the molecule is CCc1ccccc1CCc1ccccc1-c1ccccc1. The van der Waals surface area contributed by atoms with Crippen LogP contribution in [0.25, 0.3) is 11.1 Å². The molecular formula is C22H22. The molecule has 0 amide bonds. The van der Waals surface area contributed by atoms with Crippen molar-refractivity contribution in [2.45, 2.75) is 26.2 Å². The van der Waals surface area contributed by atoms with Crippen LogP contribution in [0, 0.1) is 0 Å². The van der Waals surface area contributed by atoms with Gasteiger partial charge in [0.2, 0.25) is 0 Å². The van der Waals surface area contributed by atoms with Gasteiger partial charge in [-0.2, -0.15) is 0 Å². The Hall–Kier alpha value is -2.34. The second kappa shape index (κ2) is 7.09. The highest BCUT2D eigenvalue weighted by molar-refractivity contribution is 5.67. The van der Waals surface area contributed by atoms with Gasteiger partial charge in [-0.15, -0.1) is 0 Å². The summed E-state index contributed by atoms with van der Waals surface area (Å²) in [6.07, 6.45) is 3.30. The van der Waals surface area contributed by atoms with Gasteiger partial charge in [0, 0.05) is 0 Å². The summed E-state index contributed by atoms with van der Waals surface area (Å²) in [5.41, 5.74) is 7.05. The molecule has 0 spiro atoms. The number of hydrogen-bond donors (Lipinski definition) is 0. The summed E-state index contributed by atoms with van der Waals surface area (Å²) in [4.78, 5) is 0. The molecule has 0 saturated heterocycles. The molecule has 0 bridgehead atoms. The van der Waals surface area contributed by atoms with Crippen molar-refractivity contribution in [1.82, 2.24) is 0 Å². The van der Waals surface area contributed by atoms with Gasteiger partial charge in [0.1, 0.15) is 0 Å². The molecule has 0 nitrogen and oxygen atoms in total. The van der Waals surface area contributed by atoms with Crippen LogP contribution in [0.3, 0.4) is 0 Å². The Morgan fingerprint density at radius 2 is 1.09 bits per heavy atom. The molecule has 0 N–H and O–H groups in total. The first kappa shape index (κ1) is 14.6. The molecular weight excluding hydrogens is 264 g/mol. The first-order chi connectivity index (χ1) is 10.9. The van der Waals surface area contributed by atoms with Gasteiger partial charge in [-0.25, -0.2) is 0 Å². The van der Waals surface area contributed by atoms with E-state index in [1.54, 1.807) is 0 Å². The molecule has 0 aliphatic carbocycles. The fourth-order valence-corrected chi connectivity index (χ4v) is 3.05. The third-order valence-corrected chi connectivity index (χ3v) is 4.27. The number of aryl methyl sites for hydroxylation is 3. The van der Waals surface area contributed by atoms with Crippen molar-refractivity contribution in [3.63, 3.8) is 0 Å². The van der Waals surface area contributed by atoms with Crippen molar-refractivity contribution in [2.24, 2.45) is 0 Å². The second-order valence-corrected chi connectivity index (χ2v) is 5.65. The van der Waals surface area contributed by atoms with E-state index in [0.717, 1.165) is 19.3 Å². The predicted molar refractivity (Wildman–Crippen MR) is 95.1 cm³/mol. The highest BCUT2D eigenvalue weighted by Crippen LogP contribution is 2.25. The van der Waals surface area contributed by atoms with E-state index in [1.165, 1.54) is 27.8 Å². The van der Waals surface area contributed by atoms with E-state index < -0.39 is 0 Å².